The van der Waals surface area contributed by atoms with Crippen molar-refractivity contribution in [1.29, 1.82) is 0 Å². The summed E-state index contributed by atoms with van der Waals surface area (Å²) in [7, 11) is 0. The minimum absolute atomic E-state index is 0.385. The number of esters is 1. The molecule has 164 valence electrons. The van der Waals surface area contributed by atoms with Crippen LogP contribution in [0.5, 0.6) is 0 Å². The van der Waals surface area contributed by atoms with Gasteiger partial charge in [0.25, 0.3) is 0 Å². The van der Waals surface area contributed by atoms with Gasteiger partial charge in [-0.3, -0.25) is 9.59 Å². The number of nitrogens with two attached hydrogens (primary N) is 3. The lowest BCUT2D eigenvalue weighted by Gasteiger charge is -2.28. The molecule has 1 aromatic rings. The fraction of sp³-hybridized carbons (Fsp3) is 0.471. The zero-order valence-electron chi connectivity index (χ0n) is 16.0. The Kier molecular flexibility index (Phi) is 11.3. The Hall–Kier alpha value is -2.28. The van der Waals surface area contributed by atoms with Gasteiger partial charge in [0.2, 0.25) is 5.66 Å². The van der Waals surface area contributed by atoms with Crippen LogP contribution in [0.15, 0.2) is 30.3 Å². The van der Waals surface area contributed by atoms with Crippen LogP contribution in [0.3, 0.4) is 0 Å². The number of rotatable bonds is 9. The van der Waals surface area contributed by atoms with Crippen LogP contribution in [0.25, 0.3) is 0 Å². The zero-order chi connectivity index (χ0) is 22.8. The second-order valence-corrected chi connectivity index (χ2v) is 6.50. The van der Waals surface area contributed by atoms with Gasteiger partial charge in [-0.25, -0.2) is 9.63 Å². The molecule has 0 radical (unpaired) electrons. The number of aliphatic hydroxyl groups excluding tert-OH is 1. The van der Waals surface area contributed by atoms with Crippen LogP contribution in [0.1, 0.15) is 19.4 Å². The van der Waals surface area contributed by atoms with Gasteiger partial charge in [0.15, 0.2) is 0 Å². The van der Waals surface area contributed by atoms with Crippen LogP contribution >= 0.6 is 11.8 Å². The summed E-state index contributed by atoms with van der Waals surface area (Å²) < 4.78 is 4.71. The number of nitrogens with one attached hydrogen (secondary N) is 1. The Labute approximate surface area is 172 Å². The minimum atomic E-state index is -2.22. The number of carbonyl (C=O) groups is 3. The predicted molar refractivity (Wildman–Crippen MR) is 105 cm³/mol. The van der Waals surface area contributed by atoms with Crippen molar-refractivity contribution in [3.05, 3.63) is 35.9 Å². The maximum Gasteiger partial charge on any atom is 0.342 e. The van der Waals surface area contributed by atoms with Gasteiger partial charge < -0.3 is 37.3 Å². The summed E-state index contributed by atoms with van der Waals surface area (Å²) in [6, 6.07) is 7.34. The number of aliphatic carboxylic acids is 2. The quantitative estimate of drug-likeness (QED) is 0.138. The van der Waals surface area contributed by atoms with Crippen LogP contribution in [-0.2, 0) is 25.5 Å². The molecule has 0 amide bonds. The molecule has 1 unspecified atom stereocenters. The highest BCUT2D eigenvalue weighted by Crippen LogP contribution is 2.08. The van der Waals surface area contributed by atoms with E-state index in [1.807, 2.05) is 35.2 Å². The molecule has 12 heteroatoms. The highest BCUT2D eigenvalue weighted by atomic mass is 35.5. The Morgan fingerprint density at radius 2 is 1.69 bits per heavy atom. The SMILES string of the molecule is CC(OC(=O)[C@@H](NCl)[C@@H](C)O)C(N)(N)C(=O)O.N[C@@H](Cc1ccccc1)C(=O)O. The maximum absolute atomic E-state index is 11.5. The molecule has 10 N–H and O–H groups in total. The van der Waals surface area contributed by atoms with E-state index in [0.29, 0.717) is 6.42 Å². The molecule has 29 heavy (non-hydrogen) atoms. The summed E-state index contributed by atoms with van der Waals surface area (Å²) in [6.07, 6.45) is -2.03. The van der Waals surface area contributed by atoms with Crippen LogP contribution in [-0.4, -0.2) is 63.2 Å². The molecule has 1 aromatic carbocycles. The van der Waals surface area contributed by atoms with Gasteiger partial charge in [-0.05, 0) is 37.6 Å². The summed E-state index contributed by atoms with van der Waals surface area (Å²) in [5.74, 6) is -3.44. The molecule has 0 bridgehead atoms. The second kappa shape index (κ2) is 12.3. The lowest BCUT2D eigenvalue weighted by atomic mass is 10.1. The minimum Gasteiger partial charge on any atom is -0.480 e. The molecule has 0 aromatic heterocycles. The molecule has 11 nitrogen and oxygen atoms in total. The third kappa shape index (κ3) is 9.17. The highest BCUT2D eigenvalue weighted by Gasteiger charge is 2.40. The van der Waals surface area contributed by atoms with E-state index in [-0.39, 0.29) is 0 Å². The van der Waals surface area contributed by atoms with Crippen molar-refractivity contribution < 1.29 is 34.4 Å². The number of ether oxygens (including phenoxy) is 1. The summed E-state index contributed by atoms with van der Waals surface area (Å²) in [6.45, 7) is 2.53. The van der Waals surface area contributed by atoms with E-state index < -0.39 is 47.9 Å². The van der Waals surface area contributed by atoms with Crippen LogP contribution < -0.4 is 22.0 Å². The zero-order valence-corrected chi connectivity index (χ0v) is 16.7. The molecule has 0 aliphatic carbocycles. The van der Waals surface area contributed by atoms with Crippen LogP contribution in [0.2, 0.25) is 0 Å². The molecule has 0 heterocycles. The van der Waals surface area contributed by atoms with E-state index in [4.69, 9.17) is 43.9 Å². The van der Waals surface area contributed by atoms with Crippen molar-refractivity contribution in [3.63, 3.8) is 0 Å². The molecule has 4 atom stereocenters. The van der Waals surface area contributed by atoms with Gasteiger partial charge in [-0.15, -0.1) is 0 Å². The first-order valence-corrected chi connectivity index (χ1v) is 8.80. The number of carboxylic acids is 2. The van der Waals surface area contributed by atoms with E-state index in [9.17, 15) is 19.5 Å². The topological polar surface area (TPSA) is 211 Å². The van der Waals surface area contributed by atoms with Gasteiger partial charge in [0.1, 0.15) is 18.2 Å². The van der Waals surface area contributed by atoms with E-state index in [2.05, 4.69) is 0 Å². The smallest absolute Gasteiger partial charge is 0.342 e. The molecule has 0 saturated carbocycles. The fourth-order valence-electron chi connectivity index (χ4n) is 1.81. The number of carboxylic acid groups (broad SMARTS) is 2. The molecular formula is C17H27ClN4O7. The van der Waals surface area contributed by atoms with Gasteiger partial charge >= 0.3 is 17.9 Å². The maximum atomic E-state index is 11.5. The second-order valence-electron chi connectivity index (χ2n) is 6.28. The predicted octanol–water partition coefficient (Wildman–Crippen LogP) is -1.25. The Bertz CT molecular complexity index is 673. The van der Waals surface area contributed by atoms with Crippen molar-refractivity contribution >= 4 is 29.7 Å². The summed E-state index contributed by atoms with van der Waals surface area (Å²) in [4.78, 5) is 34.5. The Morgan fingerprint density at radius 1 is 1.17 bits per heavy atom. The van der Waals surface area contributed by atoms with Crippen molar-refractivity contribution in [1.82, 2.24) is 4.84 Å². The van der Waals surface area contributed by atoms with E-state index in [0.717, 1.165) is 5.56 Å². The largest absolute Gasteiger partial charge is 0.480 e. The molecule has 0 fully saturated rings. The highest BCUT2D eigenvalue weighted by molar-refractivity contribution is 6.14. The van der Waals surface area contributed by atoms with E-state index in [1.54, 1.807) is 0 Å². The van der Waals surface area contributed by atoms with Crippen LogP contribution in [0.4, 0.5) is 0 Å². The number of halogens is 1. The van der Waals surface area contributed by atoms with Gasteiger partial charge in [0.05, 0.1) is 6.10 Å². The number of hydrogen-bond donors (Lipinski definition) is 7. The lowest BCUT2D eigenvalue weighted by Crippen LogP contribution is -2.65. The first-order chi connectivity index (χ1) is 13.3. The van der Waals surface area contributed by atoms with Gasteiger partial charge in [-0.2, -0.15) is 0 Å². The molecular weight excluding hydrogens is 408 g/mol. The van der Waals surface area contributed by atoms with E-state index >= 15 is 0 Å². The van der Waals surface area contributed by atoms with Crippen LogP contribution in [0, 0.1) is 0 Å². The molecule has 0 aliphatic heterocycles. The third-order valence-corrected chi connectivity index (χ3v) is 4.04. The standard InChI is InChI=1S/C9H11NO2.C8H16ClN3O5/c10-8(9(11)12)6-7-4-2-1-3-5-7;1-3(13)5(12-9)6(14)17-4(2)8(10,11)7(15)16/h1-5,8H,6,10H2,(H,11,12);3-5,12-13H,10-11H2,1-2H3,(H,15,16)/t8-;3-,4?,5+/m01/s1. The first kappa shape index (κ1) is 26.7. The number of benzene rings is 1. The lowest BCUT2D eigenvalue weighted by molar-refractivity contribution is -0.162. The molecule has 0 saturated heterocycles. The average Bonchev–Trinajstić information content (AvgIpc) is 2.62. The summed E-state index contributed by atoms with van der Waals surface area (Å²) >= 11 is 5.23. The van der Waals surface area contributed by atoms with E-state index in [1.165, 1.54) is 13.8 Å². The summed E-state index contributed by atoms with van der Waals surface area (Å²) in [5, 5.41) is 26.4. The van der Waals surface area contributed by atoms with Crippen molar-refractivity contribution in [2.45, 2.75) is 50.2 Å². The Balaban J connectivity index is 0.000000571. The van der Waals surface area contributed by atoms with Gasteiger partial charge in [-0.1, -0.05) is 30.3 Å². The number of carbonyl (C=O) groups excluding carboxylic acids is 1. The monoisotopic (exact) mass is 434 g/mol. The molecule has 1 rings (SSSR count). The normalized spacial score (nSPS) is 15.1. The summed E-state index contributed by atoms with van der Waals surface area (Å²) in [5.41, 5.74) is 14.6. The van der Waals surface area contributed by atoms with Crippen molar-refractivity contribution in [3.8, 4) is 0 Å². The Morgan fingerprint density at radius 3 is 2.07 bits per heavy atom. The molecule has 0 aliphatic rings. The number of hydrogen-bond acceptors (Lipinski definition) is 9. The third-order valence-electron chi connectivity index (χ3n) is 3.81. The fourth-order valence-corrected chi connectivity index (χ4v) is 2.08. The number of aliphatic hydroxyl groups is 1. The van der Waals surface area contributed by atoms with Crippen molar-refractivity contribution in [2.24, 2.45) is 17.2 Å². The molecule has 0 spiro atoms. The average molecular weight is 435 g/mol. The van der Waals surface area contributed by atoms with Gasteiger partial charge in [0, 0.05) is 0 Å². The first-order valence-electron chi connectivity index (χ1n) is 8.42. The van der Waals surface area contributed by atoms with Crippen molar-refractivity contribution in [2.75, 3.05) is 0 Å².